The minimum Gasteiger partial charge on any atom is -0.617 e. The first-order valence-corrected chi connectivity index (χ1v) is 8.19. The fraction of sp³-hybridized carbons (Fsp3) is 0.455. The van der Waals surface area contributed by atoms with Gasteiger partial charge in [-0.25, -0.2) is 8.78 Å². The smallest absolute Gasteiger partial charge is 0.265 e. The van der Waals surface area contributed by atoms with Gasteiger partial charge < -0.3 is 4.55 Å². The molecule has 0 aliphatic heterocycles. The highest BCUT2D eigenvalue weighted by Crippen LogP contribution is 2.42. The highest BCUT2D eigenvalue weighted by Gasteiger charge is 2.36. The molecule has 0 radical (unpaired) electrons. The van der Waals surface area contributed by atoms with Crippen molar-refractivity contribution in [3.05, 3.63) is 33.8 Å². The summed E-state index contributed by atoms with van der Waals surface area (Å²) in [6.45, 7) is 0. The fourth-order valence-electron chi connectivity index (χ4n) is 1.64. The summed E-state index contributed by atoms with van der Waals surface area (Å²) in [5, 5.41) is 0.628. The van der Waals surface area contributed by atoms with Crippen LogP contribution in [0.2, 0.25) is 10.0 Å². The van der Waals surface area contributed by atoms with Gasteiger partial charge in [0.1, 0.15) is 5.75 Å². The summed E-state index contributed by atoms with van der Waals surface area (Å²) < 4.78 is 38.2. The number of hydrogen-bond acceptors (Lipinski definition) is 1. The van der Waals surface area contributed by atoms with Crippen molar-refractivity contribution < 1.29 is 13.3 Å². The molecule has 0 aromatic heterocycles. The van der Waals surface area contributed by atoms with Crippen LogP contribution in [0.4, 0.5) is 8.78 Å². The van der Waals surface area contributed by atoms with E-state index in [1.54, 1.807) is 0 Å². The average molecular weight is 333 g/mol. The molecule has 7 heteroatoms. The van der Waals surface area contributed by atoms with Crippen LogP contribution in [0.15, 0.2) is 18.2 Å². The van der Waals surface area contributed by atoms with Crippen molar-refractivity contribution in [2.45, 2.75) is 18.0 Å². The zero-order valence-corrected chi connectivity index (χ0v) is 13.1. The number of benzene rings is 1. The third kappa shape index (κ3) is 5.18. The van der Waals surface area contributed by atoms with E-state index < -0.39 is 22.8 Å². The molecule has 3 atom stereocenters. The molecule has 102 valence electrons. The molecule has 1 aromatic rings. The first kappa shape index (κ1) is 16.5. The quantitative estimate of drug-likeness (QED) is 0.582. The molecule has 0 amide bonds. The Balaban J connectivity index is 3.02. The van der Waals surface area contributed by atoms with Crippen LogP contribution in [-0.2, 0) is 11.2 Å². The van der Waals surface area contributed by atoms with E-state index in [4.69, 9.17) is 23.2 Å². The van der Waals surface area contributed by atoms with Gasteiger partial charge in [-0.3, -0.25) is 0 Å². The van der Waals surface area contributed by atoms with Gasteiger partial charge >= 0.3 is 0 Å². The summed E-state index contributed by atoms with van der Waals surface area (Å²) in [6, 6.07) is 4.42. The zero-order valence-electron chi connectivity index (χ0n) is 9.63. The Morgan fingerprint density at radius 2 is 1.83 bits per heavy atom. The summed E-state index contributed by atoms with van der Waals surface area (Å²) in [5.74, 6) is -0.860. The van der Waals surface area contributed by atoms with Gasteiger partial charge in [0.25, 0.3) is 5.66 Å². The molecule has 0 fully saturated rings. The Morgan fingerprint density at radius 3 is 2.22 bits per heavy atom. The Hall–Kier alpha value is 0.400. The maximum Gasteiger partial charge on any atom is 0.265 e. The maximum absolute atomic E-state index is 13.6. The van der Waals surface area contributed by atoms with Gasteiger partial charge in [-0.05, 0) is 23.8 Å². The van der Waals surface area contributed by atoms with Gasteiger partial charge in [0.15, 0.2) is 0 Å². The SMILES string of the molecule is C[S+]([O-])CCC(c1cc(Cl)cc(Cl)c1)C(F)(F)P. The largest absolute Gasteiger partial charge is 0.617 e. The van der Waals surface area contributed by atoms with E-state index in [2.05, 4.69) is 0 Å². The van der Waals surface area contributed by atoms with E-state index in [1.807, 2.05) is 0 Å². The van der Waals surface area contributed by atoms with Crippen LogP contribution in [-0.4, -0.2) is 22.2 Å². The minimum atomic E-state index is -2.99. The van der Waals surface area contributed by atoms with Gasteiger partial charge in [0, 0.05) is 16.5 Å². The van der Waals surface area contributed by atoms with Gasteiger partial charge in [0.2, 0.25) is 0 Å². The first-order chi connectivity index (χ1) is 8.20. The van der Waals surface area contributed by atoms with Crippen LogP contribution in [0.3, 0.4) is 0 Å². The van der Waals surface area contributed by atoms with E-state index in [9.17, 15) is 13.3 Å². The summed E-state index contributed by atoms with van der Waals surface area (Å²) >= 11 is 10.5. The van der Waals surface area contributed by atoms with E-state index in [0.29, 0.717) is 15.6 Å². The molecule has 0 aliphatic rings. The number of hydrogen-bond donors (Lipinski definition) is 0. The van der Waals surface area contributed by atoms with Crippen LogP contribution in [0.5, 0.6) is 0 Å². The summed E-state index contributed by atoms with van der Waals surface area (Å²) in [7, 11) is 1.52. The van der Waals surface area contributed by atoms with Crippen molar-refractivity contribution in [2.24, 2.45) is 0 Å². The molecule has 0 spiro atoms. The molecular formula is C11H13Cl2F2OPS. The summed E-state index contributed by atoms with van der Waals surface area (Å²) in [6.07, 6.45) is 1.60. The summed E-state index contributed by atoms with van der Waals surface area (Å²) in [4.78, 5) is 0. The molecule has 3 unspecified atom stereocenters. The molecule has 0 saturated carbocycles. The van der Waals surface area contributed by atoms with Crippen LogP contribution in [0.25, 0.3) is 0 Å². The number of rotatable bonds is 5. The van der Waals surface area contributed by atoms with Crippen LogP contribution < -0.4 is 0 Å². The van der Waals surface area contributed by atoms with Crippen LogP contribution >= 0.6 is 32.4 Å². The highest BCUT2D eigenvalue weighted by molar-refractivity contribution is 7.90. The molecule has 0 bridgehead atoms. The molecule has 0 N–H and O–H groups in total. The Morgan fingerprint density at radius 1 is 1.33 bits per heavy atom. The van der Waals surface area contributed by atoms with Crippen molar-refractivity contribution in [3.8, 4) is 0 Å². The van der Waals surface area contributed by atoms with Crippen LogP contribution in [0, 0.1) is 0 Å². The van der Waals surface area contributed by atoms with Gasteiger partial charge in [-0.2, -0.15) is 0 Å². The van der Waals surface area contributed by atoms with E-state index in [1.165, 1.54) is 33.7 Å². The molecule has 0 heterocycles. The molecule has 1 rings (SSSR count). The number of halogens is 4. The van der Waals surface area contributed by atoms with Crippen molar-refractivity contribution in [1.82, 2.24) is 0 Å². The lowest BCUT2D eigenvalue weighted by atomic mass is 9.96. The third-order valence-corrected chi connectivity index (χ3v) is 4.10. The topological polar surface area (TPSA) is 23.1 Å². The normalized spacial score (nSPS) is 15.5. The predicted octanol–water partition coefficient (Wildman–Crippen LogP) is 4.31. The second-order valence-corrected chi connectivity index (χ2v) is 7.19. The molecule has 1 nitrogen and oxygen atoms in total. The van der Waals surface area contributed by atoms with Crippen molar-refractivity contribution >= 4 is 43.6 Å². The molecular weight excluding hydrogens is 320 g/mol. The van der Waals surface area contributed by atoms with Gasteiger partial charge in [0.05, 0.1) is 12.2 Å². The van der Waals surface area contributed by atoms with E-state index in [-0.39, 0.29) is 12.2 Å². The van der Waals surface area contributed by atoms with E-state index in [0.717, 1.165) is 0 Å². The van der Waals surface area contributed by atoms with E-state index >= 15 is 0 Å². The first-order valence-electron chi connectivity index (χ1n) is 5.13. The minimum absolute atomic E-state index is 0.107. The lowest BCUT2D eigenvalue weighted by molar-refractivity contribution is 0.0700. The maximum atomic E-state index is 13.6. The Kier molecular flexibility index (Phi) is 6.14. The molecule has 1 aromatic carbocycles. The highest BCUT2D eigenvalue weighted by atomic mass is 35.5. The summed E-state index contributed by atoms with van der Waals surface area (Å²) in [5.41, 5.74) is -2.63. The van der Waals surface area contributed by atoms with Crippen molar-refractivity contribution in [1.29, 1.82) is 0 Å². The van der Waals surface area contributed by atoms with Crippen molar-refractivity contribution in [2.75, 3.05) is 12.0 Å². The standard InChI is InChI=1S/C11H13Cl2F2OPS/c1-18(16)3-2-10(11(14,15)17)7-4-8(12)6-9(13)5-7/h4-6,10H,2-3,17H2,1H3. The monoisotopic (exact) mass is 332 g/mol. The molecule has 18 heavy (non-hydrogen) atoms. The lowest BCUT2D eigenvalue weighted by Gasteiger charge is -2.24. The predicted molar refractivity (Wildman–Crippen MR) is 77.4 cm³/mol. The fourth-order valence-corrected chi connectivity index (χ4v) is 3.11. The van der Waals surface area contributed by atoms with Gasteiger partial charge in [-0.15, -0.1) is 0 Å². The third-order valence-electron chi connectivity index (χ3n) is 2.45. The van der Waals surface area contributed by atoms with Crippen molar-refractivity contribution in [3.63, 3.8) is 0 Å². The molecule has 0 aliphatic carbocycles. The second kappa shape index (κ2) is 6.71. The Bertz CT molecular complexity index is 392. The van der Waals surface area contributed by atoms with Gasteiger partial charge in [-0.1, -0.05) is 43.6 Å². The lowest BCUT2D eigenvalue weighted by Crippen LogP contribution is -2.22. The Labute approximate surface area is 121 Å². The second-order valence-electron chi connectivity index (χ2n) is 4.00. The average Bonchev–Trinajstić information content (AvgIpc) is 2.13. The van der Waals surface area contributed by atoms with Crippen LogP contribution in [0.1, 0.15) is 17.9 Å². The zero-order chi connectivity index (χ0) is 13.9. The number of alkyl halides is 2. The molecule has 0 saturated heterocycles.